The minimum absolute atomic E-state index is 0.465. The molecule has 74 valence electrons. The molecule has 1 rings (SSSR count). The molecule has 0 aliphatic rings. The number of halogens is 1. The van der Waals surface area contributed by atoms with Crippen molar-refractivity contribution in [2.45, 2.75) is 39.8 Å². The van der Waals surface area contributed by atoms with Crippen molar-refractivity contribution in [3.05, 3.63) is 16.4 Å². The number of nitrogens with zero attached hydrogens (tertiary/aromatic N) is 2. The van der Waals surface area contributed by atoms with Crippen LogP contribution in [0.4, 0.5) is 0 Å². The van der Waals surface area contributed by atoms with Gasteiger partial charge in [-0.25, -0.2) is 0 Å². The molecule has 1 aromatic heterocycles. The molecule has 0 bridgehead atoms. The van der Waals surface area contributed by atoms with Gasteiger partial charge in [0.15, 0.2) is 0 Å². The minimum Gasteiger partial charge on any atom is -0.389 e. The van der Waals surface area contributed by atoms with Crippen LogP contribution in [0.5, 0.6) is 0 Å². The Kier molecular flexibility index (Phi) is 2.68. The summed E-state index contributed by atoms with van der Waals surface area (Å²) in [6.45, 7) is 7.71. The third-order valence-corrected chi connectivity index (χ3v) is 2.38. The largest absolute Gasteiger partial charge is 0.389 e. The van der Waals surface area contributed by atoms with Crippen LogP contribution in [-0.4, -0.2) is 20.5 Å². The molecule has 1 heterocycles. The molecule has 0 aliphatic carbocycles. The highest BCUT2D eigenvalue weighted by Crippen LogP contribution is 2.20. The van der Waals surface area contributed by atoms with E-state index in [4.69, 9.17) is 11.6 Å². The maximum absolute atomic E-state index is 9.59. The van der Waals surface area contributed by atoms with Crippen molar-refractivity contribution in [1.82, 2.24) is 9.78 Å². The van der Waals surface area contributed by atoms with Gasteiger partial charge in [-0.1, -0.05) is 11.6 Å². The van der Waals surface area contributed by atoms with Crippen molar-refractivity contribution in [1.29, 1.82) is 0 Å². The fourth-order valence-corrected chi connectivity index (χ4v) is 1.33. The Bertz CT molecular complexity index is 312. The molecule has 0 amide bonds. The van der Waals surface area contributed by atoms with Crippen molar-refractivity contribution in [3.63, 3.8) is 0 Å². The summed E-state index contributed by atoms with van der Waals surface area (Å²) < 4.78 is 1.73. The Morgan fingerprint density at radius 2 is 2.00 bits per heavy atom. The SMILES string of the molecule is Cc1nn(CC(C)(C)O)c(C)c1Cl. The number of hydrogen-bond acceptors (Lipinski definition) is 2. The van der Waals surface area contributed by atoms with Gasteiger partial charge in [0.1, 0.15) is 0 Å². The molecule has 0 saturated heterocycles. The highest BCUT2D eigenvalue weighted by atomic mass is 35.5. The first kappa shape index (κ1) is 10.5. The molecule has 1 N–H and O–H groups in total. The third-order valence-electron chi connectivity index (χ3n) is 1.83. The maximum atomic E-state index is 9.59. The molecule has 1 aromatic rings. The number of aromatic nitrogens is 2. The average Bonchev–Trinajstić information content (AvgIpc) is 2.15. The summed E-state index contributed by atoms with van der Waals surface area (Å²) in [7, 11) is 0. The fraction of sp³-hybridized carbons (Fsp3) is 0.667. The summed E-state index contributed by atoms with van der Waals surface area (Å²) in [5, 5.41) is 14.5. The summed E-state index contributed by atoms with van der Waals surface area (Å²) in [6, 6.07) is 0. The number of aryl methyl sites for hydroxylation is 1. The van der Waals surface area contributed by atoms with Crippen LogP contribution in [0, 0.1) is 13.8 Å². The second-order valence-electron chi connectivity index (χ2n) is 3.95. The predicted molar refractivity (Wildman–Crippen MR) is 53.0 cm³/mol. The first-order valence-electron chi connectivity index (χ1n) is 4.23. The Hall–Kier alpha value is -0.540. The van der Waals surface area contributed by atoms with Crippen LogP contribution in [-0.2, 0) is 6.54 Å². The fourth-order valence-electron chi connectivity index (χ4n) is 1.20. The van der Waals surface area contributed by atoms with Crippen molar-refractivity contribution in [2.75, 3.05) is 0 Å². The molecule has 0 aliphatic heterocycles. The molecule has 0 radical (unpaired) electrons. The van der Waals surface area contributed by atoms with Crippen LogP contribution in [0.25, 0.3) is 0 Å². The van der Waals surface area contributed by atoms with E-state index < -0.39 is 5.60 Å². The quantitative estimate of drug-likeness (QED) is 0.796. The Morgan fingerprint density at radius 1 is 1.46 bits per heavy atom. The van der Waals surface area contributed by atoms with Crippen LogP contribution in [0.3, 0.4) is 0 Å². The van der Waals surface area contributed by atoms with Crippen molar-refractivity contribution >= 4 is 11.6 Å². The van der Waals surface area contributed by atoms with Gasteiger partial charge in [0.05, 0.1) is 28.6 Å². The summed E-state index contributed by atoms with van der Waals surface area (Å²) in [5.41, 5.74) is 0.955. The van der Waals surface area contributed by atoms with Crippen LogP contribution in [0.15, 0.2) is 0 Å². The van der Waals surface area contributed by atoms with Gasteiger partial charge >= 0.3 is 0 Å². The molecular weight excluding hydrogens is 188 g/mol. The van der Waals surface area contributed by atoms with Crippen LogP contribution >= 0.6 is 11.6 Å². The lowest BCUT2D eigenvalue weighted by Crippen LogP contribution is -2.27. The zero-order valence-electron chi connectivity index (χ0n) is 8.43. The first-order valence-corrected chi connectivity index (χ1v) is 4.61. The molecule has 13 heavy (non-hydrogen) atoms. The molecule has 0 unspecified atom stereocenters. The van der Waals surface area contributed by atoms with E-state index in [1.165, 1.54) is 0 Å². The average molecular weight is 203 g/mol. The van der Waals surface area contributed by atoms with Gasteiger partial charge in [-0.2, -0.15) is 5.10 Å². The zero-order chi connectivity index (χ0) is 10.2. The molecular formula is C9H15ClN2O. The Labute approximate surface area is 83.3 Å². The number of hydrogen-bond donors (Lipinski definition) is 1. The topological polar surface area (TPSA) is 38.0 Å². The standard InChI is InChI=1S/C9H15ClN2O/c1-6-8(10)7(2)12(11-6)5-9(3,4)13/h13H,5H2,1-4H3. The van der Waals surface area contributed by atoms with Crippen LogP contribution in [0.1, 0.15) is 25.2 Å². The van der Waals surface area contributed by atoms with Crippen molar-refractivity contribution in [2.24, 2.45) is 0 Å². The van der Waals surface area contributed by atoms with E-state index in [9.17, 15) is 5.11 Å². The van der Waals surface area contributed by atoms with E-state index in [0.29, 0.717) is 11.6 Å². The Balaban J connectivity index is 2.97. The highest BCUT2D eigenvalue weighted by Gasteiger charge is 2.17. The molecule has 0 saturated carbocycles. The van der Waals surface area contributed by atoms with Crippen LogP contribution in [0.2, 0.25) is 5.02 Å². The monoisotopic (exact) mass is 202 g/mol. The van der Waals surface area contributed by atoms with Gasteiger partial charge in [-0.3, -0.25) is 4.68 Å². The molecule has 4 heteroatoms. The van der Waals surface area contributed by atoms with Gasteiger partial charge in [-0.15, -0.1) is 0 Å². The lowest BCUT2D eigenvalue weighted by atomic mass is 10.1. The Morgan fingerprint density at radius 3 is 2.31 bits per heavy atom. The molecule has 0 atom stereocenters. The van der Waals surface area contributed by atoms with Gasteiger partial charge in [0.25, 0.3) is 0 Å². The number of aliphatic hydroxyl groups is 1. The molecule has 0 spiro atoms. The second-order valence-corrected chi connectivity index (χ2v) is 4.33. The minimum atomic E-state index is -0.757. The van der Waals surface area contributed by atoms with Crippen LogP contribution < -0.4 is 0 Å². The lowest BCUT2D eigenvalue weighted by Gasteiger charge is -2.17. The summed E-state index contributed by atoms with van der Waals surface area (Å²) >= 11 is 5.96. The lowest BCUT2D eigenvalue weighted by molar-refractivity contribution is 0.0570. The van der Waals surface area contributed by atoms with E-state index in [1.54, 1.807) is 18.5 Å². The van der Waals surface area contributed by atoms with E-state index >= 15 is 0 Å². The molecule has 3 nitrogen and oxygen atoms in total. The highest BCUT2D eigenvalue weighted by molar-refractivity contribution is 6.31. The summed E-state index contributed by atoms with van der Waals surface area (Å²) in [4.78, 5) is 0. The first-order chi connectivity index (χ1) is 5.81. The van der Waals surface area contributed by atoms with Crippen molar-refractivity contribution in [3.8, 4) is 0 Å². The predicted octanol–water partition coefficient (Wildman–Crippen LogP) is 1.92. The summed E-state index contributed by atoms with van der Waals surface area (Å²) in [5.74, 6) is 0. The van der Waals surface area contributed by atoms with E-state index in [0.717, 1.165) is 11.4 Å². The smallest absolute Gasteiger partial charge is 0.0844 e. The zero-order valence-corrected chi connectivity index (χ0v) is 9.18. The number of rotatable bonds is 2. The van der Waals surface area contributed by atoms with Crippen molar-refractivity contribution < 1.29 is 5.11 Å². The normalized spacial score (nSPS) is 12.2. The molecule has 0 aromatic carbocycles. The van der Waals surface area contributed by atoms with E-state index in [-0.39, 0.29) is 0 Å². The maximum Gasteiger partial charge on any atom is 0.0844 e. The van der Waals surface area contributed by atoms with E-state index in [2.05, 4.69) is 5.10 Å². The van der Waals surface area contributed by atoms with Gasteiger partial charge < -0.3 is 5.11 Å². The van der Waals surface area contributed by atoms with E-state index in [1.807, 2.05) is 13.8 Å². The van der Waals surface area contributed by atoms with Gasteiger partial charge in [0, 0.05) is 0 Å². The summed E-state index contributed by atoms with van der Waals surface area (Å²) in [6.07, 6.45) is 0. The third kappa shape index (κ3) is 2.45. The van der Waals surface area contributed by atoms with Gasteiger partial charge in [0.2, 0.25) is 0 Å². The van der Waals surface area contributed by atoms with Gasteiger partial charge in [-0.05, 0) is 27.7 Å². The second kappa shape index (κ2) is 3.31. The molecule has 0 fully saturated rings.